The third-order valence-electron chi connectivity index (χ3n) is 5.13. The zero-order chi connectivity index (χ0) is 19.8. The molecule has 1 aliphatic heterocycles. The molecule has 2 aromatic rings. The number of hydrogen-bond donors (Lipinski definition) is 2. The molecule has 28 heavy (non-hydrogen) atoms. The number of nitrogens with one attached hydrogen (secondary N) is 2. The molecule has 1 saturated heterocycles. The van der Waals surface area contributed by atoms with Gasteiger partial charge in [-0.05, 0) is 38.8 Å². The van der Waals surface area contributed by atoms with Crippen LogP contribution in [0.3, 0.4) is 0 Å². The minimum absolute atomic E-state index is 0.397. The van der Waals surface area contributed by atoms with Gasteiger partial charge in [0.2, 0.25) is 0 Å². The van der Waals surface area contributed by atoms with Crippen LogP contribution in [-0.4, -0.2) is 52.9 Å². The lowest BCUT2D eigenvalue weighted by molar-refractivity contribution is 0.467. The minimum Gasteiger partial charge on any atom is -0.369 e. The van der Waals surface area contributed by atoms with Gasteiger partial charge in [0, 0.05) is 44.3 Å². The van der Waals surface area contributed by atoms with E-state index in [1.165, 1.54) is 17.7 Å². The molecule has 7 nitrogen and oxygen atoms in total. The molecule has 0 saturated carbocycles. The van der Waals surface area contributed by atoms with E-state index in [0.29, 0.717) is 12.6 Å². The first-order chi connectivity index (χ1) is 13.7. The highest BCUT2D eigenvalue weighted by atomic mass is 15.3. The Kier molecular flexibility index (Phi) is 7.28. The lowest BCUT2D eigenvalue weighted by Crippen LogP contribution is -2.51. The summed E-state index contributed by atoms with van der Waals surface area (Å²) in [5.74, 6) is 1.90. The lowest BCUT2D eigenvalue weighted by Gasteiger charge is -2.35. The summed E-state index contributed by atoms with van der Waals surface area (Å²) >= 11 is 0. The van der Waals surface area contributed by atoms with Gasteiger partial charge >= 0.3 is 0 Å². The van der Waals surface area contributed by atoms with Gasteiger partial charge in [0.1, 0.15) is 12.2 Å². The van der Waals surface area contributed by atoms with E-state index in [-0.39, 0.29) is 0 Å². The third-order valence-corrected chi connectivity index (χ3v) is 5.13. The van der Waals surface area contributed by atoms with Crippen molar-refractivity contribution in [1.82, 2.24) is 25.4 Å². The van der Waals surface area contributed by atoms with Crippen LogP contribution in [0.25, 0.3) is 0 Å². The third kappa shape index (κ3) is 5.47. The normalized spacial score (nSPS) is 17.6. The molecule has 1 aromatic carbocycles. The van der Waals surface area contributed by atoms with Gasteiger partial charge < -0.3 is 20.1 Å². The van der Waals surface area contributed by atoms with Crippen molar-refractivity contribution >= 4 is 11.6 Å². The van der Waals surface area contributed by atoms with Crippen molar-refractivity contribution in [2.45, 2.75) is 52.6 Å². The Hall–Kier alpha value is -2.57. The number of anilines is 1. The Morgan fingerprint density at radius 2 is 2.07 bits per heavy atom. The van der Waals surface area contributed by atoms with E-state index in [4.69, 9.17) is 4.99 Å². The fraction of sp³-hybridized carbons (Fsp3) is 0.571. The van der Waals surface area contributed by atoms with Gasteiger partial charge in [-0.2, -0.15) is 0 Å². The molecule has 0 amide bonds. The van der Waals surface area contributed by atoms with Gasteiger partial charge in [0.05, 0.1) is 6.54 Å². The van der Waals surface area contributed by atoms with E-state index in [9.17, 15) is 0 Å². The summed E-state index contributed by atoms with van der Waals surface area (Å²) in [6.07, 6.45) is 5.03. The number of aromatic nitrogens is 3. The molecule has 1 fully saturated rings. The summed E-state index contributed by atoms with van der Waals surface area (Å²) in [4.78, 5) is 7.23. The van der Waals surface area contributed by atoms with Gasteiger partial charge in [-0.25, -0.2) is 0 Å². The first kappa shape index (κ1) is 20.2. The SMILES string of the molecule is CCNC(=NCCn1cnnc1CC)NC1CCCN(c2ccc(C)cc2)C1. The molecule has 0 radical (unpaired) electrons. The van der Waals surface area contributed by atoms with Gasteiger partial charge in [-0.1, -0.05) is 24.6 Å². The zero-order valence-corrected chi connectivity index (χ0v) is 17.4. The molecule has 152 valence electrons. The Bertz CT molecular complexity index is 750. The second kappa shape index (κ2) is 10.1. The number of piperidine rings is 1. The van der Waals surface area contributed by atoms with E-state index in [0.717, 1.165) is 50.8 Å². The lowest BCUT2D eigenvalue weighted by atomic mass is 10.0. The highest BCUT2D eigenvalue weighted by Crippen LogP contribution is 2.20. The quantitative estimate of drug-likeness (QED) is 0.567. The van der Waals surface area contributed by atoms with E-state index >= 15 is 0 Å². The molecule has 1 unspecified atom stereocenters. The molecule has 0 aliphatic carbocycles. The van der Waals surface area contributed by atoms with Crippen molar-refractivity contribution in [3.63, 3.8) is 0 Å². The highest BCUT2D eigenvalue weighted by molar-refractivity contribution is 5.80. The average molecular weight is 384 g/mol. The van der Waals surface area contributed by atoms with Gasteiger partial charge in [0.15, 0.2) is 5.96 Å². The summed E-state index contributed by atoms with van der Waals surface area (Å²) in [6.45, 7) is 10.8. The molecule has 2 heterocycles. The molecule has 0 spiro atoms. The topological polar surface area (TPSA) is 70.4 Å². The number of aliphatic imine (C=N–C) groups is 1. The van der Waals surface area contributed by atoms with Crippen LogP contribution in [0, 0.1) is 6.92 Å². The van der Waals surface area contributed by atoms with Crippen LogP contribution in [0.5, 0.6) is 0 Å². The van der Waals surface area contributed by atoms with E-state index in [2.05, 4.69) is 75.3 Å². The van der Waals surface area contributed by atoms with Crippen molar-refractivity contribution in [3.05, 3.63) is 42.0 Å². The maximum absolute atomic E-state index is 4.77. The van der Waals surface area contributed by atoms with Crippen molar-refractivity contribution in [2.24, 2.45) is 4.99 Å². The molecule has 2 N–H and O–H groups in total. The van der Waals surface area contributed by atoms with Crippen molar-refractivity contribution in [2.75, 3.05) is 31.1 Å². The minimum atomic E-state index is 0.397. The van der Waals surface area contributed by atoms with Crippen LogP contribution in [-0.2, 0) is 13.0 Å². The molecule has 1 aliphatic rings. The number of guanidine groups is 1. The summed E-state index contributed by atoms with van der Waals surface area (Å²) in [6, 6.07) is 9.22. The molecule has 1 atom stereocenters. The number of hydrogen-bond acceptors (Lipinski definition) is 4. The van der Waals surface area contributed by atoms with E-state index in [1.807, 2.05) is 0 Å². The second-order valence-electron chi connectivity index (χ2n) is 7.32. The first-order valence-electron chi connectivity index (χ1n) is 10.4. The molecule has 1 aromatic heterocycles. The van der Waals surface area contributed by atoms with Gasteiger partial charge in [-0.15, -0.1) is 10.2 Å². The van der Waals surface area contributed by atoms with Crippen LogP contribution >= 0.6 is 0 Å². The zero-order valence-electron chi connectivity index (χ0n) is 17.4. The highest BCUT2D eigenvalue weighted by Gasteiger charge is 2.21. The van der Waals surface area contributed by atoms with Crippen molar-refractivity contribution < 1.29 is 0 Å². The van der Waals surface area contributed by atoms with E-state index in [1.54, 1.807) is 6.33 Å². The molecular formula is C21H33N7. The van der Waals surface area contributed by atoms with Crippen LogP contribution in [0.4, 0.5) is 5.69 Å². The maximum atomic E-state index is 4.77. The van der Waals surface area contributed by atoms with Gasteiger partial charge in [0.25, 0.3) is 0 Å². The summed E-state index contributed by atoms with van der Waals surface area (Å²) in [5.41, 5.74) is 2.61. The summed E-state index contributed by atoms with van der Waals surface area (Å²) < 4.78 is 2.08. The van der Waals surface area contributed by atoms with Crippen molar-refractivity contribution in [1.29, 1.82) is 0 Å². The standard InChI is InChI=1S/C21H33N7/c1-4-20-26-24-16-28(20)14-12-23-21(22-5-2)25-18-7-6-13-27(15-18)19-10-8-17(3)9-11-19/h8-11,16,18H,4-7,12-15H2,1-3H3,(H2,22,23,25). The first-order valence-corrected chi connectivity index (χ1v) is 10.4. The fourth-order valence-electron chi connectivity index (χ4n) is 3.61. The Morgan fingerprint density at radius 3 is 2.82 bits per heavy atom. The molecule has 7 heteroatoms. The van der Waals surface area contributed by atoms with Crippen LogP contribution < -0.4 is 15.5 Å². The van der Waals surface area contributed by atoms with E-state index < -0.39 is 0 Å². The van der Waals surface area contributed by atoms with Crippen LogP contribution in [0.2, 0.25) is 0 Å². The number of nitrogens with zero attached hydrogens (tertiary/aromatic N) is 5. The molecular weight excluding hydrogens is 350 g/mol. The Labute approximate surface area is 168 Å². The fourth-order valence-corrected chi connectivity index (χ4v) is 3.61. The summed E-state index contributed by atoms with van der Waals surface area (Å²) in [5, 5.41) is 15.1. The predicted octanol–water partition coefficient (Wildman–Crippen LogP) is 2.37. The van der Waals surface area contributed by atoms with Crippen LogP contribution in [0.1, 0.15) is 38.1 Å². The molecule has 3 rings (SSSR count). The second-order valence-corrected chi connectivity index (χ2v) is 7.32. The Morgan fingerprint density at radius 1 is 1.25 bits per heavy atom. The predicted molar refractivity (Wildman–Crippen MR) is 115 cm³/mol. The monoisotopic (exact) mass is 383 g/mol. The number of rotatable bonds is 7. The molecule has 0 bridgehead atoms. The average Bonchev–Trinajstić information content (AvgIpc) is 3.16. The summed E-state index contributed by atoms with van der Waals surface area (Å²) in [7, 11) is 0. The smallest absolute Gasteiger partial charge is 0.191 e. The van der Waals surface area contributed by atoms with Gasteiger partial charge in [-0.3, -0.25) is 4.99 Å². The largest absolute Gasteiger partial charge is 0.369 e. The maximum Gasteiger partial charge on any atom is 0.191 e. The number of benzene rings is 1. The number of aryl methyl sites for hydroxylation is 2. The Balaban J connectivity index is 1.57. The van der Waals surface area contributed by atoms with Crippen LogP contribution in [0.15, 0.2) is 35.6 Å². The van der Waals surface area contributed by atoms with Crippen molar-refractivity contribution in [3.8, 4) is 0 Å².